The lowest BCUT2D eigenvalue weighted by Crippen LogP contribution is -2.62. The number of amides is 9. The normalized spacial score (nSPS) is 14.7. The van der Waals surface area contributed by atoms with E-state index in [-0.39, 0.29) is 69.1 Å². The number of rotatable bonds is 40. The molecule has 11 atom stereocenters. The number of thiol groups is 1. The summed E-state index contributed by atoms with van der Waals surface area (Å²) in [4.78, 5) is 169. The van der Waals surface area contributed by atoms with E-state index in [9.17, 15) is 68.1 Å². The van der Waals surface area contributed by atoms with Gasteiger partial charge in [-0.15, -0.1) is 0 Å². The third-order valence-electron chi connectivity index (χ3n) is 14.4. The van der Waals surface area contributed by atoms with Crippen LogP contribution in [0, 0.1) is 11.8 Å². The number of nitrogens with zero attached hydrogens (tertiary/aromatic N) is 3. The summed E-state index contributed by atoms with van der Waals surface area (Å²) in [6.07, 6.45) is 4.26. The highest BCUT2D eigenvalue weighted by Gasteiger charge is 2.37. The largest absolute Gasteiger partial charge is 0.481 e. The summed E-state index contributed by atoms with van der Waals surface area (Å²) in [6, 6.07) is 2.64. The molecule has 4 rings (SSSR count). The first kappa shape index (κ1) is 74.0. The van der Waals surface area contributed by atoms with E-state index in [2.05, 4.69) is 85.4 Å². The minimum Gasteiger partial charge on any atom is -0.481 e. The number of aromatic amines is 2. The van der Waals surface area contributed by atoms with Gasteiger partial charge in [-0.1, -0.05) is 94.8 Å². The molecule has 0 aliphatic rings. The Kier molecular flexibility index (Phi) is 31.1. The van der Waals surface area contributed by atoms with Crippen molar-refractivity contribution < 1.29 is 68.1 Å². The minimum atomic E-state index is -1.52. The number of guanidine groups is 1. The van der Waals surface area contributed by atoms with Gasteiger partial charge in [0, 0.05) is 68.2 Å². The molecule has 20 N–H and O–H groups in total. The van der Waals surface area contributed by atoms with E-state index < -0.39 is 151 Å². The van der Waals surface area contributed by atoms with Crippen LogP contribution in [-0.4, -0.2) is 186 Å². The summed E-state index contributed by atoms with van der Waals surface area (Å²) in [5, 5.41) is 52.3. The van der Waals surface area contributed by atoms with Crippen LogP contribution in [0.3, 0.4) is 0 Å². The van der Waals surface area contributed by atoms with Gasteiger partial charge in [0.15, 0.2) is 5.96 Å². The SMILES string of the molecule is CC[C@H](C)[C@H](NC(=O)[C@H](CS)NC(=O)[C@H](Cc1ccccc1)NC(=O)[C@H](CCC(=O)O)NC(=O)[C@@H](N)CO)C(=O)N[C@@H](Cc1cnc[nH]1)C(=O)N[C@@H](CC(C)C)C(=O)N[C@@H](Cc1cnc[nH]1)C(=O)N[C@@H](Cc1ccccc1)C(=O)N[C@@H](CCCN=C(N)N)C(=O)O. The number of hydrogen-bond donors (Lipinski definition) is 18. The molecule has 0 saturated heterocycles. The van der Waals surface area contributed by atoms with Gasteiger partial charge in [0.25, 0.3) is 0 Å². The molecule has 31 nitrogen and oxygen atoms in total. The number of imidazole rings is 2. The van der Waals surface area contributed by atoms with E-state index in [1.165, 1.54) is 25.0 Å². The highest BCUT2D eigenvalue weighted by Crippen LogP contribution is 2.15. The van der Waals surface area contributed by atoms with Gasteiger partial charge < -0.3 is 90.3 Å². The molecular weight excluding hydrogens is 1200 g/mol. The predicted octanol–water partition coefficient (Wildman–Crippen LogP) is -2.89. The standard InChI is InChI=1S/C59H85N17O14S/c1-5-33(4)48(76-56(87)46(29-91)75-53(84)43(23-35-15-10-7-11-16-35)71-50(81)39(18-19-47(78)79)68-49(80)38(60)28-77)57(88)74-45(25-37-27-64-31-67-37)55(86)70-41(21-32(2)3)51(82)73-44(24-36-26-63-30-66-36)54(85)72-42(22-34-13-8-6-9-14-34)52(83)69-40(58(89)90)17-12-20-65-59(61)62/h6-11,13-16,26-27,30-33,38-46,48,77,91H,5,12,17-25,28-29,60H2,1-4H3,(H,63,66)(H,64,67)(H,68,80)(H,69,83)(H,70,86)(H,71,81)(H,72,85)(H,73,82)(H,74,88)(H,75,84)(H,76,87)(H,78,79)(H,89,90)(H4,61,62,65)/t33-,38-,39-,40-,41-,42-,43-,44-,45-,46-,48-/m0/s1. The summed E-state index contributed by atoms with van der Waals surface area (Å²) in [5.74, 6) is -12.1. The summed E-state index contributed by atoms with van der Waals surface area (Å²) >= 11 is 4.33. The number of carbonyl (C=O) groups is 11. The van der Waals surface area contributed by atoms with Crippen LogP contribution in [0.4, 0.5) is 0 Å². The summed E-state index contributed by atoms with van der Waals surface area (Å²) in [6.45, 7) is 6.26. The molecule has 2 aromatic carbocycles. The topological polar surface area (TPSA) is 505 Å². The molecule has 496 valence electrons. The van der Waals surface area contributed by atoms with Crippen molar-refractivity contribution in [3.8, 4) is 0 Å². The van der Waals surface area contributed by atoms with Crippen LogP contribution in [0.2, 0.25) is 0 Å². The zero-order valence-corrected chi connectivity index (χ0v) is 52.0. The number of H-pyrrole nitrogens is 2. The molecule has 2 aromatic heterocycles. The smallest absolute Gasteiger partial charge is 0.326 e. The van der Waals surface area contributed by atoms with E-state index in [0.717, 1.165) is 0 Å². The maximum atomic E-state index is 14.7. The maximum Gasteiger partial charge on any atom is 0.326 e. The van der Waals surface area contributed by atoms with Crippen LogP contribution in [-0.2, 0) is 78.4 Å². The second-order valence-corrected chi connectivity index (χ2v) is 22.5. The molecule has 0 radical (unpaired) electrons. The average Bonchev–Trinajstić information content (AvgIpc) is 3.62. The van der Waals surface area contributed by atoms with Crippen molar-refractivity contribution in [2.45, 2.75) is 152 Å². The van der Waals surface area contributed by atoms with Crippen molar-refractivity contribution in [2.24, 2.45) is 34.0 Å². The Balaban J connectivity index is 1.60. The van der Waals surface area contributed by atoms with Gasteiger partial charge >= 0.3 is 11.9 Å². The van der Waals surface area contributed by atoms with Gasteiger partial charge in [-0.05, 0) is 48.6 Å². The minimum absolute atomic E-state index is 0.00102. The number of nitrogens with one attached hydrogen (secondary N) is 11. The van der Waals surface area contributed by atoms with Crippen LogP contribution in [0.5, 0.6) is 0 Å². The molecule has 4 aromatic rings. The number of carboxylic acids is 2. The van der Waals surface area contributed by atoms with E-state index >= 15 is 0 Å². The lowest BCUT2D eigenvalue weighted by molar-refractivity contribution is -0.142. The van der Waals surface area contributed by atoms with Crippen LogP contribution < -0.4 is 65.1 Å². The summed E-state index contributed by atoms with van der Waals surface area (Å²) < 4.78 is 0. The lowest BCUT2D eigenvalue weighted by atomic mass is 9.97. The molecule has 0 aliphatic carbocycles. The zero-order chi connectivity index (χ0) is 67.2. The number of carboxylic acid groups (broad SMARTS) is 2. The molecule has 32 heteroatoms. The van der Waals surface area contributed by atoms with Crippen molar-refractivity contribution in [3.05, 3.63) is 108 Å². The molecule has 0 aliphatic heterocycles. The van der Waals surface area contributed by atoms with E-state index in [1.807, 2.05) is 0 Å². The third kappa shape index (κ3) is 25.9. The molecule has 9 amide bonds. The molecular formula is C59H85N17O14S. The number of aliphatic hydroxyl groups excluding tert-OH is 1. The Labute approximate surface area is 531 Å². The Bertz CT molecular complexity index is 3050. The van der Waals surface area contributed by atoms with Crippen LogP contribution >= 0.6 is 12.6 Å². The predicted molar refractivity (Wildman–Crippen MR) is 334 cm³/mol. The molecule has 0 unspecified atom stereocenters. The second kappa shape index (κ2) is 38.2. The van der Waals surface area contributed by atoms with Crippen molar-refractivity contribution >= 4 is 83.7 Å². The first-order valence-corrected chi connectivity index (χ1v) is 30.2. The third-order valence-corrected chi connectivity index (χ3v) is 14.7. The fourth-order valence-electron chi connectivity index (χ4n) is 9.18. The van der Waals surface area contributed by atoms with Gasteiger partial charge in [-0.2, -0.15) is 12.6 Å². The second-order valence-electron chi connectivity index (χ2n) is 22.1. The van der Waals surface area contributed by atoms with Crippen molar-refractivity contribution in [2.75, 3.05) is 18.9 Å². The molecule has 2 heterocycles. The highest BCUT2D eigenvalue weighted by molar-refractivity contribution is 7.80. The number of benzene rings is 2. The van der Waals surface area contributed by atoms with Crippen LogP contribution in [0.15, 0.2) is 90.7 Å². The highest BCUT2D eigenvalue weighted by atomic mass is 32.1. The summed E-state index contributed by atoms with van der Waals surface area (Å²) in [5.41, 5.74) is 18.4. The molecule has 0 bridgehead atoms. The number of aliphatic carboxylic acids is 2. The molecule has 91 heavy (non-hydrogen) atoms. The fourth-order valence-corrected chi connectivity index (χ4v) is 9.43. The number of nitrogens with two attached hydrogens (primary N) is 3. The van der Waals surface area contributed by atoms with E-state index in [0.29, 0.717) is 28.9 Å². The van der Waals surface area contributed by atoms with Gasteiger partial charge in [0.2, 0.25) is 53.2 Å². The van der Waals surface area contributed by atoms with Crippen molar-refractivity contribution in [1.29, 1.82) is 0 Å². The fraction of sp³-hybridized carbons (Fsp3) is 0.492. The number of hydrogen-bond acceptors (Lipinski definition) is 17. The average molecular weight is 1290 g/mol. The number of aromatic nitrogens is 4. The van der Waals surface area contributed by atoms with Crippen molar-refractivity contribution in [3.63, 3.8) is 0 Å². The quantitative estimate of drug-likeness (QED) is 0.00920. The van der Waals surface area contributed by atoms with Crippen molar-refractivity contribution in [1.82, 2.24) is 67.8 Å². The Morgan fingerprint density at radius 2 is 0.967 bits per heavy atom. The Hall–Kier alpha value is -9.43. The summed E-state index contributed by atoms with van der Waals surface area (Å²) in [7, 11) is 0. The van der Waals surface area contributed by atoms with Gasteiger partial charge in [-0.25, -0.2) is 14.8 Å². The first-order valence-electron chi connectivity index (χ1n) is 29.6. The van der Waals surface area contributed by atoms with Crippen LogP contribution in [0.25, 0.3) is 0 Å². The molecule has 0 saturated carbocycles. The first-order chi connectivity index (χ1) is 43.3. The van der Waals surface area contributed by atoms with Crippen LogP contribution in [0.1, 0.15) is 88.7 Å². The maximum absolute atomic E-state index is 14.7. The molecule has 0 fully saturated rings. The van der Waals surface area contributed by atoms with Gasteiger partial charge in [-0.3, -0.25) is 52.9 Å². The number of aliphatic imine (C=N–C) groups is 1. The van der Waals surface area contributed by atoms with E-state index in [1.54, 1.807) is 88.4 Å². The van der Waals surface area contributed by atoms with Gasteiger partial charge in [0.05, 0.1) is 19.3 Å². The number of aliphatic hydroxyl groups is 1. The Morgan fingerprint density at radius 1 is 0.549 bits per heavy atom. The lowest BCUT2D eigenvalue weighted by Gasteiger charge is -2.30. The number of carbonyl (C=O) groups excluding carboxylic acids is 9. The van der Waals surface area contributed by atoms with Gasteiger partial charge in [0.1, 0.15) is 60.4 Å². The monoisotopic (exact) mass is 1290 g/mol. The zero-order valence-electron chi connectivity index (χ0n) is 51.1. The Morgan fingerprint density at radius 3 is 1.38 bits per heavy atom. The molecule has 0 spiro atoms. The van der Waals surface area contributed by atoms with E-state index in [4.69, 9.17) is 17.2 Å².